The van der Waals surface area contributed by atoms with Crippen LogP contribution in [0.1, 0.15) is 24.2 Å². The van der Waals surface area contributed by atoms with E-state index in [-0.39, 0.29) is 6.10 Å². The van der Waals surface area contributed by atoms with Crippen molar-refractivity contribution in [2.45, 2.75) is 17.9 Å². The van der Waals surface area contributed by atoms with E-state index in [9.17, 15) is 0 Å². The second kappa shape index (κ2) is 6.62. The van der Waals surface area contributed by atoms with Crippen LogP contribution in [0.2, 0.25) is 0 Å². The van der Waals surface area contributed by atoms with Gasteiger partial charge in [0.25, 0.3) is 0 Å². The van der Waals surface area contributed by atoms with Gasteiger partial charge in [-0.15, -0.1) is 11.8 Å². The molecule has 0 radical (unpaired) electrons. The molecule has 2 rings (SSSR count). The second-order valence-electron chi connectivity index (χ2n) is 3.99. The lowest BCUT2D eigenvalue weighted by Crippen LogP contribution is -2.07. The molecule has 1 nitrogen and oxygen atoms in total. The zero-order valence-corrected chi connectivity index (χ0v) is 11.6. The summed E-state index contributed by atoms with van der Waals surface area (Å²) < 4.78 is 5.94. The molecule has 0 aliphatic rings. The van der Waals surface area contributed by atoms with Crippen LogP contribution < -0.4 is 0 Å². The Hall–Kier alpha value is -1.25. The van der Waals surface area contributed by atoms with Crippen LogP contribution in [0.25, 0.3) is 0 Å². The molecule has 0 spiro atoms. The van der Waals surface area contributed by atoms with Crippen LogP contribution in [0.3, 0.4) is 0 Å². The molecule has 0 aliphatic heterocycles. The van der Waals surface area contributed by atoms with Crippen LogP contribution in [0.15, 0.2) is 59.5 Å². The van der Waals surface area contributed by atoms with Crippen LogP contribution in [-0.4, -0.2) is 12.9 Å². The normalized spacial score (nSPS) is 12.3. The van der Waals surface area contributed by atoms with Crippen molar-refractivity contribution in [3.63, 3.8) is 0 Å². The molecule has 0 heterocycles. The fraction of sp³-hybridized carbons (Fsp3) is 0.250. The van der Waals surface area contributed by atoms with E-state index in [1.807, 2.05) is 13.0 Å². The van der Waals surface area contributed by atoms with E-state index in [1.165, 1.54) is 16.0 Å². The predicted octanol–water partition coefficient (Wildman–Crippen LogP) is 4.53. The van der Waals surface area contributed by atoms with Crippen molar-refractivity contribution in [3.05, 3.63) is 65.7 Å². The first-order chi connectivity index (χ1) is 8.86. The van der Waals surface area contributed by atoms with Gasteiger partial charge in [0.05, 0.1) is 0 Å². The largest absolute Gasteiger partial charge is 0.369 e. The summed E-state index contributed by atoms with van der Waals surface area (Å²) in [6.07, 6.45) is 2.13. The number of thioether (sulfide) groups is 1. The minimum Gasteiger partial charge on any atom is -0.369 e. The molecule has 0 N–H and O–H groups in total. The van der Waals surface area contributed by atoms with Crippen LogP contribution in [0.5, 0.6) is 0 Å². The Morgan fingerprint density at radius 3 is 2.33 bits per heavy atom. The third-order valence-electron chi connectivity index (χ3n) is 2.86. The number of hydrogen-bond acceptors (Lipinski definition) is 2. The number of rotatable bonds is 5. The fourth-order valence-corrected chi connectivity index (χ4v) is 2.67. The molecule has 0 bridgehead atoms. The van der Waals surface area contributed by atoms with Gasteiger partial charge in [-0.2, -0.15) is 0 Å². The van der Waals surface area contributed by atoms with Gasteiger partial charge in [0, 0.05) is 11.5 Å². The second-order valence-corrected chi connectivity index (χ2v) is 4.84. The lowest BCUT2D eigenvalue weighted by atomic mass is 10.0. The Labute approximate surface area is 113 Å². The standard InChI is InChI=1S/C16H18OS/c1-3-17-16(13-9-5-4-6-10-13)14-11-7-8-12-15(14)18-2/h4-12,16H,3H2,1-2H3. The van der Waals surface area contributed by atoms with E-state index in [2.05, 4.69) is 54.8 Å². The molecule has 94 valence electrons. The molecule has 1 unspecified atom stereocenters. The van der Waals surface area contributed by atoms with Gasteiger partial charge < -0.3 is 4.74 Å². The molecule has 0 amide bonds. The Balaban J connectivity index is 2.41. The average molecular weight is 258 g/mol. The summed E-state index contributed by atoms with van der Waals surface area (Å²) in [4.78, 5) is 1.28. The third-order valence-corrected chi connectivity index (χ3v) is 3.67. The number of benzene rings is 2. The van der Waals surface area contributed by atoms with E-state index in [4.69, 9.17) is 4.74 Å². The monoisotopic (exact) mass is 258 g/mol. The minimum absolute atomic E-state index is 0.0276. The topological polar surface area (TPSA) is 9.23 Å². The van der Waals surface area contributed by atoms with Crippen molar-refractivity contribution in [2.75, 3.05) is 12.9 Å². The van der Waals surface area contributed by atoms with E-state index >= 15 is 0 Å². The smallest absolute Gasteiger partial charge is 0.109 e. The molecule has 0 saturated carbocycles. The van der Waals surface area contributed by atoms with Crippen LogP contribution >= 0.6 is 11.8 Å². The highest BCUT2D eigenvalue weighted by Crippen LogP contribution is 2.32. The average Bonchev–Trinajstić information content (AvgIpc) is 2.46. The van der Waals surface area contributed by atoms with E-state index in [1.54, 1.807) is 11.8 Å². The number of hydrogen-bond donors (Lipinski definition) is 0. The molecule has 0 aliphatic carbocycles. The Kier molecular flexibility index (Phi) is 4.85. The summed E-state index contributed by atoms with van der Waals surface area (Å²) in [7, 11) is 0. The van der Waals surface area contributed by atoms with Crippen LogP contribution in [0.4, 0.5) is 0 Å². The molecular weight excluding hydrogens is 240 g/mol. The zero-order valence-electron chi connectivity index (χ0n) is 10.8. The zero-order chi connectivity index (χ0) is 12.8. The Morgan fingerprint density at radius 2 is 1.67 bits per heavy atom. The van der Waals surface area contributed by atoms with Crippen LogP contribution in [0, 0.1) is 0 Å². The quantitative estimate of drug-likeness (QED) is 0.728. The van der Waals surface area contributed by atoms with Crippen molar-refractivity contribution < 1.29 is 4.74 Å². The molecule has 2 heteroatoms. The summed E-state index contributed by atoms with van der Waals surface area (Å²) in [6.45, 7) is 2.75. The molecule has 2 aromatic carbocycles. The highest BCUT2D eigenvalue weighted by Gasteiger charge is 2.16. The van der Waals surface area contributed by atoms with Crippen molar-refractivity contribution in [1.29, 1.82) is 0 Å². The maximum atomic E-state index is 5.94. The minimum atomic E-state index is 0.0276. The molecule has 18 heavy (non-hydrogen) atoms. The molecule has 1 atom stereocenters. The Morgan fingerprint density at radius 1 is 1.00 bits per heavy atom. The first-order valence-corrected chi connectivity index (χ1v) is 7.38. The maximum Gasteiger partial charge on any atom is 0.109 e. The summed E-state index contributed by atoms with van der Waals surface area (Å²) in [5.41, 5.74) is 2.46. The summed E-state index contributed by atoms with van der Waals surface area (Å²) >= 11 is 1.76. The fourth-order valence-electron chi connectivity index (χ4n) is 2.04. The van der Waals surface area contributed by atoms with Gasteiger partial charge >= 0.3 is 0 Å². The first kappa shape index (κ1) is 13.2. The highest BCUT2D eigenvalue weighted by molar-refractivity contribution is 7.98. The molecular formula is C16H18OS. The van der Waals surface area contributed by atoms with Gasteiger partial charge in [0.15, 0.2) is 0 Å². The first-order valence-electron chi connectivity index (χ1n) is 6.16. The summed E-state index contributed by atoms with van der Waals surface area (Å²) in [6, 6.07) is 18.8. The van der Waals surface area contributed by atoms with Gasteiger partial charge in [-0.3, -0.25) is 0 Å². The van der Waals surface area contributed by atoms with Crippen molar-refractivity contribution >= 4 is 11.8 Å². The van der Waals surface area contributed by atoms with Crippen molar-refractivity contribution in [2.24, 2.45) is 0 Å². The SMILES string of the molecule is CCOC(c1ccccc1)c1ccccc1SC. The van der Waals surface area contributed by atoms with Crippen LogP contribution in [-0.2, 0) is 4.74 Å². The van der Waals surface area contributed by atoms with Crippen molar-refractivity contribution in [3.8, 4) is 0 Å². The van der Waals surface area contributed by atoms with E-state index in [0.717, 1.165) is 0 Å². The van der Waals surface area contributed by atoms with Gasteiger partial charge in [-0.1, -0.05) is 48.5 Å². The third kappa shape index (κ3) is 2.95. The van der Waals surface area contributed by atoms with Gasteiger partial charge in [0.2, 0.25) is 0 Å². The van der Waals surface area contributed by atoms with Gasteiger partial charge in [-0.25, -0.2) is 0 Å². The maximum absolute atomic E-state index is 5.94. The van der Waals surface area contributed by atoms with Crippen molar-refractivity contribution in [1.82, 2.24) is 0 Å². The lowest BCUT2D eigenvalue weighted by Gasteiger charge is -2.20. The van der Waals surface area contributed by atoms with E-state index < -0.39 is 0 Å². The lowest BCUT2D eigenvalue weighted by molar-refractivity contribution is 0.0896. The predicted molar refractivity (Wildman–Crippen MR) is 78.1 cm³/mol. The molecule has 0 fully saturated rings. The van der Waals surface area contributed by atoms with Gasteiger partial charge in [-0.05, 0) is 30.4 Å². The Bertz CT molecular complexity index is 481. The molecule has 2 aromatic rings. The highest BCUT2D eigenvalue weighted by atomic mass is 32.2. The molecule has 0 saturated heterocycles. The van der Waals surface area contributed by atoms with Gasteiger partial charge in [0.1, 0.15) is 6.10 Å². The number of ether oxygens (including phenoxy) is 1. The summed E-state index contributed by atoms with van der Waals surface area (Å²) in [5, 5.41) is 0. The summed E-state index contributed by atoms with van der Waals surface area (Å²) in [5.74, 6) is 0. The van der Waals surface area contributed by atoms with E-state index in [0.29, 0.717) is 6.61 Å². The molecule has 0 aromatic heterocycles.